The van der Waals surface area contributed by atoms with E-state index in [2.05, 4.69) is 14.8 Å². The Labute approximate surface area is 106 Å². The summed E-state index contributed by atoms with van der Waals surface area (Å²) in [5, 5.41) is 0.0682. The first-order chi connectivity index (χ1) is 9.08. The fraction of sp³-hybridized carbons (Fsp3) is 0.333. The van der Waals surface area contributed by atoms with E-state index in [-0.39, 0.29) is 16.8 Å². The fourth-order valence-electron chi connectivity index (χ4n) is 1.91. The van der Waals surface area contributed by atoms with Crippen molar-refractivity contribution >= 4 is 16.8 Å². The normalized spacial score (nSPS) is 10.5. The predicted molar refractivity (Wildman–Crippen MR) is 68.6 cm³/mol. The smallest absolute Gasteiger partial charge is 0.343 e. The van der Waals surface area contributed by atoms with E-state index in [1.54, 1.807) is 0 Å². The number of nitrogens with one attached hydrogen (secondary N) is 2. The minimum atomic E-state index is -0.838. The molecule has 0 radical (unpaired) electrons. The van der Waals surface area contributed by atoms with Crippen LogP contribution in [0.25, 0.3) is 15.9 Å². The summed E-state index contributed by atoms with van der Waals surface area (Å²) < 4.78 is 4.82. The van der Waals surface area contributed by atoms with Gasteiger partial charge in [0.05, 0.1) is 12.0 Å². The van der Waals surface area contributed by atoms with Crippen LogP contribution in [0.3, 0.4) is 0 Å². The second-order valence-electron chi connectivity index (χ2n) is 4.04. The van der Waals surface area contributed by atoms with Crippen LogP contribution >= 0.6 is 0 Å². The van der Waals surface area contributed by atoms with Crippen molar-refractivity contribution in [2.24, 2.45) is 0 Å². The van der Waals surface area contributed by atoms with Crippen molar-refractivity contribution < 1.29 is 4.42 Å². The maximum Gasteiger partial charge on any atom is 0.343 e. The average molecular weight is 261 g/mol. The van der Waals surface area contributed by atoms with Crippen LogP contribution in [0.5, 0.6) is 0 Å². The van der Waals surface area contributed by atoms with Gasteiger partial charge in [0, 0.05) is 0 Å². The average Bonchev–Trinajstić information content (AvgIpc) is 2.34. The molecular formula is C12H11N3O4. The quantitative estimate of drug-likeness (QED) is 0.807. The van der Waals surface area contributed by atoms with E-state index >= 15 is 0 Å². The van der Waals surface area contributed by atoms with Gasteiger partial charge in [0.1, 0.15) is 0 Å². The van der Waals surface area contributed by atoms with Gasteiger partial charge in [0.15, 0.2) is 0 Å². The number of aromatic amines is 2. The Morgan fingerprint density at radius 2 is 2.00 bits per heavy atom. The molecule has 2 N–H and O–H groups in total. The largest absolute Gasteiger partial charge is 0.413 e. The van der Waals surface area contributed by atoms with Gasteiger partial charge in [0.25, 0.3) is 11.2 Å². The van der Waals surface area contributed by atoms with E-state index in [9.17, 15) is 14.4 Å². The number of hydrogen-bond acceptors (Lipinski definition) is 4. The molecule has 0 saturated heterocycles. The van der Waals surface area contributed by atoms with Crippen LogP contribution < -0.4 is 16.9 Å². The van der Waals surface area contributed by atoms with Crippen molar-refractivity contribution in [3.63, 3.8) is 0 Å². The summed E-state index contributed by atoms with van der Waals surface area (Å²) in [5.74, 6) is 0. The van der Waals surface area contributed by atoms with Gasteiger partial charge in [-0.1, -0.05) is 19.8 Å². The highest BCUT2D eigenvalue weighted by atomic mass is 16.4. The Hall–Kier alpha value is -2.62. The maximum absolute atomic E-state index is 11.8. The highest BCUT2D eigenvalue weighted by molar-refractivity contribution is 5.81. The molecule has 98 valence electrons. The van der Waals surface area contributed by atoms with Crippen molar-refractivity contribution in [1.82, 2.24) is 9.97 Å². The molecule has 0 spiro atoms. The van der Waals surface area contributed by atoms with Gasteiger partial charge >= 0.3 is 11.3 Å². The first-order valence-corrected chi connectivity index (χ1v) is 5.78. The van der Waals surface area contributed by atoms with Crippen LogP contribution in [0.1, 0.15) is 25.3 Å². The Balaban J connectivity index is 2.94. The summed E-state index contributed by atoms with van der Waals surface area (Å²) in [7, 11) is 0. The summed E-state index contributed by atoms with van der Waals surface area (Å²) in [6.45, 7) is 8.99. The van der Waals surface area contributed by atoms with Crippen molar-refractivity contribution in [2.75, 3.05) is 0 Å². The van der Waals surface area contributed by atoms with Crippen molar-refractivity contribution in [1.29, 1.82) is 0 Å². The van der Waals surface area contributed by atoms with E-state index in [1.807, 2.05) is 6.92 Å². The Kier molecular flexibility index (Phi) is 3.33. The third kappa shape index (κ3) is 2.20. The monoisotopic (exact) mass is 261 g/mol. The number of H-pyrrole nitrogens is 2. The van der Waals surface area contributed by atoms with E-state index in [0.29, 0.717) is 12.0 Å². The lowest BCUT2D eigenvalue weighted by Gasteiger charge is -2.05. The lowest BCUT2D eigenvalue weighted by Crippen LogP contribution is -2.24. The van der Waals surface area contributed by atoms with Gasteiger partial charge < -0.3 is 4.42 Å². The highest BCUT2D eigenvalue weighted by Gasteiger charge is 2.17. The minimum Gasteiger partial charge on any atom is -0.413 e. The molecule has 0 amide bonds. The molecule has 0 aromatic carbocycles. The van der Waals surface area contributed by atoms with E-state index in [0.717, 1.165) is 12.8 Å². The highest BCUT2D eigenvalue weighted by Crippen LogP contribution is 2.22. The van der Waals surface area contributed by atoms with Crippen molar-refractivity contribution in [2.45, 2.75) is 26.2 Å². The maximum atomic E-state index is 11.8. The Morgan fingerprint density at radius 1 is 1.26 bits per heavy atom. The van der Waals surface area contributed by atoms with Gasteiger partial charge in [0.2, 0.25) is 5.71 Å². The topological polar surface area (TPSA) is 100 Å². The van der Waals surface area contributed by atoms with Gasteiger partial charge in [-0.2, -0.15) is 0 Å². The number of fused-ring (bicyclic) bond motifs is 1. The summed E-state index contributed by atoms with van der Waals surface area (Å²) in [4.78, 5) is 42.1. The first-order valence-electron chi connectivity index (χ1n) is 5.78. The molecule has 7 nitrogen and oxygen atoms in total. The molecule has 0 bridgehead atoms. The van der Waals surface area contributed by atoms with Crippen LogP contribution in [0, 0.1) is 6.57 Å². The van der Waals surface area contributed by atoms with Crippen molar-refractivity contribution in [3.05, 3.63) is 48.2 Å². The zero-order valence-corrected chi connectivity index (χ0v) is 10.2. The summed E-state index contributed by atoms with van der Waals surface area (Å²) in [5.41, 5.74) is -2.29. The first kappa shape index (κ1) is 12.8. The van der Waals surface area contributed by atoms with E-state index in [4.69, 9.17) is 11.0 Å². The van der Waals surface area contributed by atoms with Crippen molar-refractivity contribution in [3.8, 4) is 0 Å². The lowest BCUT2D eigenvalue weighted by atomic mass is 10.1. The molecule has 0 atom stereocenters. The number of nitrogens with zero attached hydrogens (tertiary/aromatic N) is 1. The predicted octanol–water partition coefficient (Wildman–Crippen LogP) is 1.06. The van der Waals surface area contributed by atoms with Gasteiger partial charge in [-0.05, 0) is 12.0 Å². The Morgan fingerprint density at radius 3 is 2.63 bits per heavy atom. The summed E-state index contributed by atoms with van der Waals surface area (Å²) in [6, 6.07) is 0. The van der Waals surface area contributed by atoms with Gasteiger partial charge in [-0.15, -0.1) is 0 Å². The second-order valence-corrected chi connectivity index (χ2v) is 4.04. The molecule has 2 heterocycles. The fourth-order valence-corrected chi connectivity index (χ4v) is 1.91. The summed E-state index contributed by atoms with van der Waals surface area (Å²) >= 11 is 0. The molecule has 2 rings (SSSR count). The zero-order chi connectivity index (χ0) is 14.0. The van der Waals surface area contributed by atoms with Crippen LogP contribution in [0.2, 0.25) is 0 Å². The Bertz CT molecular complexity index is 835. The number of unbranched alkanes of at least 4 members (excludes halogenated alkanes) is 1. The lowest BCUT2D eigenvalue weighted by molar-refractivity contribution is 0.548. The molecule has 0 aliphatic rings. The minimum absolute atomic E-state index is 0.0682. The number of aromatic nitrogens is 2. The molecule has 0 aliphatic carbocycles. The van der Waals surface area contributed by atoms with Crippen LogP contribution in [-0.2, 0) is 6.42 Å². The van der Waals surface area contributed by atoms with Gasteiger partial charge in [-0.3, -0.25) is 19.6 Å². The summed E-state index contributed by atoms with van der Waals surface area (Å²) in [6.07, 6.45) is 1.98. The van der Waals surface area contributed by atoms with Crippen LogP contribution in [0.15, 0.2) is 18.8 Å². The third-order valence-electron chi connectivity index (χ3n) is 2.78. The zero-order valence-electron chi connectivity index (χ0n) is 10.2. The van der Waals surface area contributed by atoms with E-state index in [1.165, 1.54) is 0 Å². The molecule has 0 fully saturated rings. The molecule has 19 heavy (non-hydrogen) atoms. The number of aryl methyl sites for hydroxylation is 1. The standard InChI is InChI=1S/C12H11N3O4/c1-3-4-5-6-7-9(16)14-12(18)15-10(7)19-11(17)8(6)13-2/h3-5H2,1H3,(H2,14,15,16,18). The van der Waals surface area contributed by atoms with Crippen LogP contribution in [0.4, 0.5) is 5.69 Å². The molecule has 0 saturated carbocycles. The molecule has 7 heteroatoms. The molecule has 2 aromatic rings. The second kappa shape index (κ2) is 4.94. The van der Waals surface area contributed by atoms with Gasteiger partial charge in [-0.25, -0.2) is 9.64 Å². The molecule has 0 unspecified atom stereocenters. The molecular weight excluding hydrogens is 250 g/mol. The molecule has 2 aromatic heterocycles. The number of hydrogen-bond donors (Lipinski definition) is 2. The molecule has 0 aliphatic heterocycles. The SMILES string of the molecule is [C-]#[N+]c1c(CCCC)c2c(=O)[nH]c(=O)[nH]c2oc1=O. The third-order valence-corrected chi connectivity index (χ3v) is 2.78. The van der Waals surface area contributed by atoms with Crippen LogP contribution in [-0.4, -0.2) is 9.97 Å². The van der Waals surface area contributed by atoms with E-state index < -0.39 is 16.9 Å². The number of rotatable bonds is 3.